The van der Waals surface area contributed by atoms with Crippen LogP contribution in [0.2, 0.25) is 0 Å². The fourth-order valence-electron chi connectivity index (χ4n) is 1.12. The van der Waals surface area contributed by atoms with Gasteiger partial charge in [-0.05, 0) is 27.2 Å². The van der Waals surface area contributed by atoms with Crippen LogP contribution in [0.5, 0.6) is 0 Å². The molecule has 2 amide bonds. The lowest BCUT2D eigenvalue weighted by Gasteiger charge is -2.17. The van der Waals surface area contributed by atoms with E-state index in [1.807, 2.05) is 19.9 Å². The van der Waals surface area contributed by atoms with Gasteiger partial charge in [0, 0.05) is 6.04 Å². The van der Waals surface area contributed by atoms with Crippen LogP contribution in [0.15, 0.2) is 0 Å². The lowest BCUT2D eigenvalue weighted by Crippen LogP contribution is -2.48. The monoisotopic (exact) mass is 225 g/mol. The second-order valence-corrected chi connectivity index (χ2v) is 3.98. The van der Waals surface area contributed by atoms with Crippen LogP contribution in [0.4, 0.5) is 0 Å². The predicted octanol–water partition coefficient (Wildman–Crippen LogP) is 0.565. The van der Waals surface area contributed by atoms with Crippen molar-refractivity contribution in [1.29, 1.82) is 5.26 Å². The minimum Gasteiger partial charge on any atom is -0.352 e. The summed E-state index contributed by atoms with van der Waals surface area (Å²) in [6.45, 7) is 7.04. The Hall–Kier alpha value is -1.57. The number of hydrogen-bond acceptors (Lipinski definition) is 3. The molecule has 2 unspecified atom stereocenters. The largest absolute Gasteiger partial charge is 0.352 e. The van der Waals surface area contributed by atoms with Gasteiger partial charge >= 0.3 is 0 Å². The predicted molar refractivity (Wildman–Crippen MR) is 60.3 cm³/mol. The maximum Gasteiger partial charge on any atom is 0.242 e. The lowest BCUT2D eigenvalue weighted by molar-refractivity contribution is -0.130. The van der Waals surface area contributed by atoms with Gasteiger partial charge in [0.1, 0.15) is 12.0 Å². The van der Waals surface area contributed by atoms with Crippen LogP contribution < -0.4 is 10.6 Å². The van der Waals surface area contributed by atoms with Crippen molar-refractivity contribution in [3.05, 3.63) is 0 Å². The maximum atomic E-state index is 11.5. The van der Waals surface area contributed by atoms with Gasteiger partial charge in [0.15, 0.2) is 0 Å². The zero-order valence-corrected chi connectivity index (χ0v) is 10.2. The van der Waals surface area contributed by atoms with Gasteiger partial charge < -0.3 is 10.6 Å². The average Bonchev–Trinajstić information content (AvgIpc) is 2.18. The lowest BCUT2D eigenvalue weighted by atomic mass is 10.1. The molecule has 0 aromatic rings. The number of nitriles is 1. The second kappa shape index (κ2) is 6.83. The smallest absolute Gasteiger partial charge is 0.242 e. The SMILES string of the molecule is CCC(C#N)C(=O)NC(C)C(=O)NC(C)C. The third kappa shape index (κ3) is 4.78. The molecule has 5 heteroatoms. The van der Waals surface area contributed by atoms with Gasteiger partial charge in [0.2, 0.25) is 11.8 Å². The van der Waals surface area contributed by atoms with Crippen molar-refractivity contribution in [2.45, 2.75) is 46.2 Å². The van der Waals surface area contributed by atoms with Crippen LogP contribution in [0, 0.1) is 17.2 Å². The Morgan fingerprint density at radius 1 is 1.19 bits per heavy atom. The Morgan fingerprint density at radius 3 is 2.12 bits per heavy atom. The maximum absolute atomic E-state index is 11.5. The van der Waals surface area contributed by atoms with E-state index in [-0.39, 0.29) is 11.9 Å². The zero-order valence-electron chi connectivity index (χ0n) is 10.2. The number of carbonyl (C=O) groups excluding carboxylic acids is 2. The van der Waals surface area contributed by atoms with Crippen molar-refractivity contribution in [3.8, 4) is 6.07 Å². The summed E-state index contributed by atoms with van der Waals surface area (Å²) in [5.41, 5.74) is 0. The molecule has 0 saturated heterocycles. The number of carbonyl (C=O) groups is 2. The van der Waals surface area contributed by atoms with Gasteiger partial charge in [-0.25, -0.2) is 0 Å². The fraction of sp³-hybridized carbons (Fsp3) is 0.727. The van der Waals surface area contributed by atoms with E-state index >= 15 is 0 Å². The molecule has 0 saturated carbocycles. The van der Waals surface area contributed by atoms with E-state index in [2.05, 4.69) is 10.6 Å². The molecule has 0 spiro atoms. The molecule has 16 heavy (non-hydrogen) atoms. The van der Waals surface area contributed by atoms with Crippen LogP contribution in [-0.4, -0.2) is 23.9 Å². The molecule has 2 atom stereocenters. The van der Waals surface area contributed by atoms with Gasteiger partial charge in [0.25, 0.3) is 0 Å². The number of nitrogens with zero attached hydrogens (tertiary/aromatic N) is 1. The summed E-state index contributed by atoms with van der Waals surface area (Å²) in [6.07, 6.45) is 0.445. The van der Waals surface area contributed by atoms with Gasteiger partial charge in [-0.15, -0.1) is 0 Å². The fourth-order valence-corrected chi connectivity index (χ4v) is 1.12. The number of nitrogens with one attached hydrogen (secondary N) is 2. The molecule has 90 valence electrons. The van der Waals surface area contributed by atoms with Crippen molar-refractivity contribution in [1.82, 2.24) is 10.6 Å². The first kappa shape index (κ1) is 14.4. The molecule has 0 bridgehead atoms. The molecule has 5 nitrogen and oxygen atoms in total. The average molecular weight is 225 g/mol. The van der Waals surface area contributed by atoms with Crippen molar-refractivity contribution < 1.29 is 9.59 Å². The number of rotatable bonds is 5. The molecule has 0 radical (unpaired) electrons. The standard InChI is InChI=1S/C11H19N3O2/c1-5-9(6-12)11(16)14-8(4)10(15)13-7(2)3/h7-9H,5H2,1-4H3,(H,13,15)(H,14,16). The summed E-state index contributed by atoms with van der Waals surface area (Å²) in [5.74, 6) is -1.32. The minimum absolute atomic E-state index is 0.0322. The Morgan fingerprint density at radius 2 is 1.75 bits per heavy atom. The highest BCUT2D eigenvalue weighted by Crippen LogP contribution is 2.00. The van der Waals surface area contributed by atoms with Crippen LogP contribution in [0.3, 0.4) is 0 Å². The highest BCUT2D eigenvalue weighted by Gasteiger charge is 2.21. The molecule has 2 N–H and O–H groups in total. The first-order valence-electron chi connectivity index (χ1n) is 5.42. The van der Waals surface area contributed by atoms with Crippen molar-refractivity contribution in [2.24, 2.45) is 5.92 Å². The molecule has 0 rings (SSSR count). The van der Waals surface area contributed by atoms with Gasteiger partial charge in [0.05, 0.1) is 6.07 Å². The van der Waals surface area contributed by atoms with Gasteiger partial charge in [-0.1, -0.05) is 6.92 Å². The van der Waals surface area contributed by atoms with E-state index in [0.29, 0.717) is 6.42 Å². The molecular weight excluding hydrogens is 206 g/mol. The van der Waals surface area contributed by atoms with E-state index in [9.17, 15) is 9.59 Å². The summed E-state index contributed by atoms with van der Waals surface area (Å²) < 4.78 is 0. The third-order valence-corrected chi connectivity index (χ3v) is 2.06. The van der Waals surface area contributed by atoms with Crippen molar-refractivity contribution in [2.75, 3.05) is 0 Å². The summed E-state index contributed by atoms with van der Waals surface area (Å²) in [4.78, 5) is 23.0. The van der Waals surface area contributed by atoms with Crippen molar-refractivity contribution in [3.63, 3.8) is 0 Å². The summed E-state index contributed by atoms with van der Waals surface area (Å²) >= 11 is 0. The molecule has 0 aliphatic carbocycles. The van der Waals surface area contributed by atoms with E-state index < -0.39 is 17.9 Å². The molecule has 0 heterocycles. The van der Waals surface area contributed by atoms with E-state index in [1.54, 1.807) is 13.8 Å². The number of amides is 2. The van der Waals surface area contributed by atoms with E-state index in [1.165, 1.54) is 0 Å². The Bertz CT molecular complexity index is 294. The molecule has 0 fully saturated rings. The minimum atomic E-state index is -0.686. The zero-order chi connectivity index (χ0) is 12.7. The molecule has 0 aliphatic heterocycles. The van der Waals surface area contributed by atoms with Crippen LogP contribution in [0.25, 0.3) is 0 Å². The first-order valence-corrected chi connectivity index (χ1v) is 5.42. The van der Waals surface area contributed by atoms with E-state index in [0.717, 1.165) is 0 Å². The first-order chi connectivity index (χ1) is 7.42. The molecule has 0 aliphatic rings. The van der Waals surface area contributed by atoms with Gasteiger partial charge in [-0.3, -0.25) is 9.59 Å². The van der Waals surface area contributed by atoms with Crippen LogP contribution in [-0.2, 0) is 9.59 Å². The molecular formula is C11H19N3O2. The highest BCUT2D eigenvalue weighted by atomic mass is 16.2. The third-order valence-electron chi connectivity index (χ3n) is 2.06. The number of hydrogen-bond donors (Lipinski definition) is 2. The summed E-state index contributed by atoms with van der Waals surface area (Å²) in [5, 5.41) is 13.9. The second-order valence-electron chi connectivity index (χ2n) is 3.98. The molecule has 0 aromatic carbocycles. The van der Waals surface area contributed by atoms with Gasteiger partial charge in [-0.2, -0.15) is 5.26 Å². The Kier molecular flexibility index (Phi) is 6.16. The van der Waals surface area contributed by atoms with Crippen LogP contribution in [0.1, 0.15) is 34.1 Å². The summed E-state index contributed by atoms with van der Waals surface area (Å²) in [7, 11) is 0. The van der Waals surface area contributed by atoms with E-state index in [4.69, 9.17) is 5.26 Å². The Balaban J connectivity index is 4.24. The van der Waals surface area contributed by atoms with Crippen LogP contribution >= 0.6 is 0 Å². The normalized spacial score (nSPS) is 13.8. The quantitative estimate of drug-likeness (QED) is 0.717. The highest BCUT2D eigenvalue weighted by molar-refractivity contribution is 5.89. The topological polar surface area (TPSA) is 82.0 Å². The summed E-state index contributed by atoms with van der Waals surface area (Å²) in [6, 6.07) is 1.31. The van der Waals surface area contributed by atoms with Crippen molar-refractivity contribution >= 4 is 11.8 Å². The molecule has 0 aromatic heterocycles. The Labute approximate surface area is 96.2 Å².